The van der Waals surface area contributed by atoms with E-state index >= 15 is 0 Å². The van der Waals surface area contributed by atoms with Gasteiger partial charge in [0.05, 0.1) is 11.1 Å². The number of carbonyl (C=O) groups excluding carboxylic acids is 1. The lowest BCUT2D eigenvalue weighted by molar-refractivity contribution is 0.0224. The number of fused-ring (bicyclic) bond motifs is 6. The first kappa shape index (κ1) is 15.5. The summed E-state index contributed by atoms with van der Waals surface area (Å²) in [4.78, 5) is 24.0. The van der Waals surface area contributed by atoms with Gasteiger partial charge in [0.1, 0.15) is 17.2 Å². The van der Waals surface area contributed by atoms with Crippen molar-refractivity contribution >= 4 is 11.9 Å². The van der Waals surface area contributed by atoms with Crippen molar-refractivity contribution in [2.75, 3.05) is 0 Å². The van der Waals surface area contributed by atoms with E-state index in [-0.39, 0.29) is 16.9 Å². The number of aromatic carboxylic acids is 1. The molecule has 0 bridgehead atoms. The second-order valence-corrected chi connectivity index (χ2v) is 6.41. The van der Waals surface area contributed by atoms with Crippen molar-refractivity contribution in [3.8, 4) is 17.2 Å². The van der Waals surface area contributed by atoms with Crippen LogP contribution in [-0.2, 0) is 10.3 Å². The Morgan fingerprint density at radius 3 is 2.44 bits per heavy atom. The Morgan fingerprint density at radius 1 is 0.889 bits per heavy atom. The van der Waals surface area contributed by atoms with Gasteiger partial charge in [-0.2, -0.15) is 0 Å². The van der Waals surface area contributed by atoms with Gasteiger partial charge in [-0.05, 0) is 30.3 Å². The van der Waals surface area contributed by atoms with Crippen molar-refractivity contribution in [3.63, 3.8) is 0 Å². The fourth-order valence-electron chi connectivity index (χ4n) is 3.80. The number of hydrogen-bond acceptors (Lipinski definition) is 5. The largest absolute Gasteiger partial charge is 0.508 e. The molecule has 2 aliphatic rings. The molecule has 5 rings (SSSR count). The topological polar surface area (TPSA) is 93.1 Å². The third kappa shape index (κ3) is 1.95. The molecule has 3 aromatic carbocycles. The molecule has 0 amide bonds. The molecule has 27 heavy (non-hydrogen) atoms. The highest BCUT2D eigenvalue weighted by molar-refractivity contribution is 6.00. The highest BCUT2D eigenvalue weighted by atomic mass is 16.6. The molecule has 6 nitrogen and oxygen atoms in total. The molecule has 0 aliphatic carbocycles. The Bertz CT molecular complexity index is 1150. The van der Waals surface area contributed by atoms with Crippen molar-refractivity contribution in [3.05, 3.63) is 88.5 Å². The van der Waals surface area contributed by atoms with Crippen LogP contribution in [0.5, 0.6) is 17.2 Å². The van der Waals surface area contributed by atoms with Gasteiger partial charge in [-0.25, -0.2) is 9.59 Å². The minimum atomic E-state index is -1.26. The van der Waals surface area contributed by atoms with Crippen LogP contribution in [-0.4, -0.2) is 22.2 Å². The summed E-state index contributed by atoms with van der Waals surface area (Å²) < 4.78 is 11.8. The Morgan fingerprint density at radius 2 is 1.63 bits per heavy atom. The van der Waals surface area contributed by atoms with Crippen molar-refractivity contribution < 1.29 is 29.3 Å². The Hall–Kier alpha value is -3.80. The van der Waals surface area contributed by atoms with Crippen LogP contribution < -0.4 is 4.74 Å². The number of rotatable bonds is 1. The molecular formula is C21H12O6. The van der Waals surface area contributed by atoms with E-state index in [9.17, 15) is 19.8 Å². The summed E-state index contributed by atoms with van der Waals surface area (Å²) in [6.45, 7) is 0. The van der Waals surface area contributed by atoms with Crippen molar-refractivity contribution in [2.24, 2.45) is 0 Å². The lowest BCUT2D eigenvalue weighted by atomic mass is 9.77. The third-order valence-electron chi connectivity index (χ3n) is 4.94. The van der Waals surface area contributed by atoms with E-state index in [0.29, 0.717) is 28.2 Å². The van der Waals surface area contributed by atoms with Gasteiger partial charge in [-0.3, -0.25) is 0 Å². The number of aromatic hydroxyl groups is 1. The first-order valence-electron chi connectivity index (χ1n) is 8.23. The molecule has 3 aromatic rings. The number of hydrogen-bond donors (Lipinski definition) is 2. The first-order chi connectivity index (χ1) is 13.0. The second kappa shape index (κ2) is 5.11. The number of para-hydroxylation sites is 1. The zero-order chi connectivity index (χ0) is 18.8. The number of benzene rings is 3. The fourth-order valence-corrected chi connectivity index (χ4v) is 3.80. The van der Waals surface area contributed by atoms with Gasteiger partial charge in [0, 0.05) is 22.8 Å². The molecule has 0 radical (unpaired) electrons. The Labute approximate surface area is 153 Å². The van der Waals surface area contributed by atoms with E-state index < -0.39 is 17.5 Å². The Balaban J connectivity index is 1.87. The standard InChI is InChI=1S/C21H12O6/c22-12-6-8-16-18(10-12)26-17-4-2-1-3-15(17)21(16)14-7-5-11(19(23)24)9-13(14)20(25)27-21/h1-10,22H,(H,23,24). The molecule has 2 N–H and O–H groups in total. The second-order valence-electron chi connectivity index (χ2n) is 6.41. The molecule has 1 unspecified atom stereocenters. The van der Waals surface area contributed by atoms with Crippen LogP contribution in [0.1, 0.15) is 37.4 Å². The summed E-state index contributed by atoms with van der Waals surface area (Å²) in [5, 5.41) is 19.1. The molecule has 2 heterocycles. The predicted molar refractivity (Wildman–Crippen MR) is 93.3 cm³/mol. The van der Waals surface area contributed by atoms with E-state index in [1.54, 1.807) is 30.3 Å². The molecule has 132 valence electrons. The monoisotopic (exact) mass is 360 g/mol. The summed E-state index contributed by atoms with van der Waals surface area (Å²) in [6, 6.07) is 16.1. The maximum absolute atomic E-state index is 12.7. The third-order valence-corrected chi connectivity index (χ3v) is 4.94. The van der Waals surface area contributed by atoms with Gasteiger partial charge in [-0.15, -0.1) is 0 Å². The SMILES string of the molecule is O=C(O)c1ccc2c(c1)C(=O)OC21c2ccccc2Oc2cc(O)ccc21. The number of phenols is 1. The Kier molecular flexibility index (Phi) is 2.92. The fraction of sp³-hybridized carbons (Fsp3) is 0.0476. The van der Waals surface area contributed by atoms with Gasteiger partial charge in [0.15, 0.2) is 5.60 Å². The number of phenolic OH excluding ortho intramolecular Hbond substituents is 1. The quantitative estimate of drug-likeness (QED) is 0.644. The maximum atomic E-state index is 12.7. The van der Waals surface area contributed by atoms with Crippen LogP contribution in [0.2, 0.25) is 0 Å². The zero-order valence-corrected chi connectivity index (χ0v) is 13.8. The highest BCUT2D eigenvalue weighted by Crippen LogP contribution is 2.56. The van der Waals surface area contributed by atoms with Gasteiger partial charge in [0.25, 0.3) is 0 Å². The lowest BCUT2D eigenvalue weighted by Gasteiger charge is -2.36. The number of carboxylic acids is 1. The van der Waals surface area contributed by atoms with Crippen LogP contribution in [0.4, 0.5) is 0 Å². The molecule has 0 fully saturated rings. The number of ether oxygens (including phenoxy) is 2. The number of esters is 1. The van der Waals surface area contributed by atoms with Crippen LogP contribution in [0, 0.1) is 0 Å². The molecule has 0 aromatic heterocycles. The highest BCUT2D eigenvalue weighted by Gasteiger charge is 2.53. The first-order valence-corrected chi connectivity index (χ1v) is 8.23. The number of carboxylic acid groups (broad SMARTS) is 1. The van der Waals surface area contributed by atoms with Crippen LogP contribution in [0.25, 0.3) is 0 Å². The molecule has 6 heteroatoms. The minimum Gasteiger partial charge on any atom is -0.508 e. The summed E-state index contributed by atoms with van der Waals surface area (Å²) >= 11 is 0. The summed E-state index contributed by atoms with van der Waals surface area (Å²) in [6.07, 6.45) is 0. The van der Waals surface area contributed by atoms with Gasteiger partial charge in [0.2, 0.25) is 0 Å². The zero-order valence-electron chi connectivity index (χ0n) is 13.8. The minimum absolute atomic E-state index is 0.00836. The normalized spacial score (nSPS) is 18.9. The van der Waals surface area contributed by atoms with E-state index in [2.05, 4.69) is 0 Å². The molecule has 1 atom stereocenters. The van der Waals surface area contributed by atoms with E-state index in [1.807, 2.05) is 6.07 Å². The molecule has 1 spiro atoms. The van der Waals surface area contributed by atoms with Crippen molar-refractivity contribution in [2.45, 2.75) is 5.60 Å². The van der Waals surface area contributed by atoms with Crippen molar-refractivity contribution in [1.29, 1.82) is 0 Å². The van der Waals surface area contributed by atoms with Crippen LogP contribution >= 0.6 is 0 Å². The summed E-state index contributed by atoms with van der Waals surface area (Å²) in [5.74, 6) is -0.836. The summed E-state index contributed by atoms with van der Waals surface area (Å²) in [5.41, 5.74) is 0.689. The van der Waals surface area contributed by atoms with E-state index in [0.717, 1.165) is 0 Å². The average Bonchev–Trinajstić information content (AvgIpc) is 2.94. The predicted octanol–water partition coefficient (Wildman–Crippen LogP) is 3.66. The lowest BCUT2D eigenvalue weighted by Crippen LogP contribution is -2.32. The average molecular weight is 360 g/mol. The number of carbonyl (C=O) groups is 2. The van der Waals surface area contributed by atoms with Gasteiger partial charge < -0.3 is 19.7 Å². The molecule has 0 saturated heterocycles. The van der Waals surface area contributed by atoms with E-state index in [4.69, 9.17) is 9.47 Å². The van der Waals surface area contributed by atoms with Gasteiger partial charge in [-0.1, -0.05) is 24.3 Å². The van der Waals surface area contributed by atoms with E-state index in [1.165, 1.54) is 24.3 Å². The van der Waals surface area contributed by atoms with Crippen molar-refractivity contribution in [1.82, 2.24) is 0 Å². The smallest absolute Gasteiger partial charge is 0.340 e. The maximum Gasteiger partial charge on any atom is 0.340 e. The van der Waals surface area contributed by atoms with Crippen LogP contribution in [0.15, 0.2) is 60.7 Å². The van der Waals surface area contributed by atoms with Crippen LogP contribution in [0.3, 0.4) is 0 Å². The molecular weight excluding hydrogens is 348 g/mol. The van der Waals surface area contributed by atoms with Gasteiger partial charge >= 0.3 is 11.9 Å². The summed E-state index contributed by atoms with van der Waals surface area (Å²) in [7, 11) is 0. The molecule has 0 saturated carbocycles. The molecule has 2 aliphatic heterocycles.